The predicted molar refractivity (Wildman–Crippen MR) is 123 cm³/mol. The van der Waals surface area contributed by atoms with Gasteiger partial charge in [0.15, 0.2) is 5.96 Å². The Morgan fingerprint density at radius 3 is 2.30 bits per heavy atom. The molecule has 1 aromatic rings. The third-order valence-electron chi connectivity index (χ3n) is 4.81. The minimum absolute atomic E-state index is 0. The lowest BCUT2D eigenvalue weighted by molar-refractivity contribution is -0.119. The molecule has 0 aromatic heterocycles. The zero-order valence-corrected chi connectivity index (χ0v) is 19.2. The van der Waals surface area contributed by atoms with Crippen LogP contribution < -0.4 is 16.4 Å². The third-order valence-corrected chi connectivity index (χ3v) is 4.81. The van der Waals surface area contributed by atoms with E-state index in [0.717, 1.165) is 38.4 Å². The van der Waals surface area contributed by atoms with E-state index in [-0.39, 0.29) is 35.3 Å². The summed E-state index contributed by atoms with van der Waals surface area (Å²) in [6.45, 7) is 9.52. The number of guanidine groups is 1. The number of amides is 1. The number of likely N-dealkylation sites (tertiary alicyclic amines) is 1. The number of rotatable bonds is 5. The van der Waals surface area contributed by atoms with Gasteiger partial charge in [0.25, 0.3) is 0 Å². The number of primary amides is 1. The topological polar surface area (TPSA) is 82.8 Å². The van der Waals surface area contributed by atoms with E-state index >= 15 is 0 Å². The van der Waals surface area contributed by atoms with Gasteiger partial charge in [-0.2, -0.15) is 0 Å². The molecule has 0 atom stereocenters. The molecule has 1 aliphatic rings. The average Bonchev–Trinajstić information content (AvgIpc) is 2.59. The number of piperidine rings is 1. The molecule has 1 amide bonds. The van der Waals surface area contributed by atoms with E-state index < -0.39 is 0 Å². The summed E-state index contributed by atoms with van der Waals surface area (Å²) in [5, 5.41) is 6.87. The monoisotopic (exact) mass is 487 g/mol. The predicted octanol–water partition coefficient (Wildman–Crippen LogP) is 2.22. The summed E-state index contributed by atoms with van der Waals surface area (Å²) >= 11 is 0. The molecule has 1 saturated heterocycles. The van der Waals surface area contributed by atoms with Gasteiger partial charge in [0.2, 0.25) is 5.91 Å². The molecular formula is C20H34IN5O. The molecule has 7 heteroatoms. The summed E-state index contributed by atoms with van der Waals surface area (Å²) in [6.07, 6.45) is 1.96. The van der Waals surface area contributed by atoms with Gasteiger partial charge in [-0.25, -0.2) is 0 Å². The summed E-state index contributed by atoms with van der Waals surface area (Å²) in [4.78, 5) is 17.4. The SMILES string of the molecule is CN=C(NCc1ccc(C(C)(C)C)cc1)NC1CCN(CC(N)=O)CC1.I. The van der Waals surface area contributed by atoms with Gasteiger partial charge in [-0.1, -0.05) is 45.0 Å². The molecule has 6 nitrogen and oxygen atoms in total. The second-order valence-corrected chi connectivity index (χ2v) is 8.03. The fourth-order valence-electron chi connectivity index (χ4n) is 3.15. The Morgan fingerprint density at radius 2 is 1.81 bits per heavy atom. The fourth-order valence-corrected chi connectivity index (χ4v) is 3.15. The highest BCUT2D eigenvalue weighted by atomic mass is 127. The Bertz CT molecular complexity index is 616. The molecule has 152 valence electrons. The van der Waals surface area contributed by atoms with Gasteiger partial charge in [-0.3, -0.25) is 14.7 Å². The van der Waals surface area contributed by atoms with Crippen molar-refractivity contribution >= 4 is 35.8 Å². The van der Waals surface area contributed by atoms with Gasteiger partial charge in [-0.15, -0.1) is 24.0 Å². The van der Waals surface area contributed by atoms with Crippen molar-refractivity contribution in [3.63, 3.8) is 0 Å². The van der Waals surface area contributed by atoms with Crippen LogP contribution in [0.25, 0.3) is 0 Å². The minimum Gasteiger partial charge on any atom is -0.369 e. The highest BCUT2D eigenvalue weighted by Crippen LogP contribution is 2.22. The number of carbonyl (C=O) groups excluding carboxylic acids is 1. The molecule has 1 heterocycles. The minimum atomic E-state index is -0.258. The summed E-state index contributed by atoms with van der Waals surface area (Å²) in [6, 6.07) is 9.10. The van der Waals surface area contributed by atoms with Crippen molar-refractivity contribution in [2.45, 2.75) is 51.6 Å². The number of halogens is 1. The Kier molecular flexibility index (Phi) is 9.52. The Hall–Kier alpha value is -1.35. The molecule has 0 aliphatic carbocycles. The number of hydrogen-bond donors (Lipinski definition) is 3. The van der Waals surface area contributed by atoms with Crippen LogP contribution in [0.15, 0.2) is 29.3 Å². The smallest absolute Gasteiger partial charge is 0.231 e. The quantitative estimate of drug-likeness (QED) is 0.338. The van der Waals surface area contributed by atoms with Crippen molar-refractivity contribution in [1.82, 2.24) is 15.5 Å². The Balaban J connectivity index is 0.00000364. The van der Waals surface area contributed by atoms with E-state index in [0.29, 0.717) is 12.6 Å². The highest BCUT2D eigenvalue weighted by molar-refractivity contribution is 14.0. The van der Waals surface area contributed by atoms with Crippen LogP contribution in [0.4, 0.5) is 0 Å². The van der Waals surface area contributed by atoms with Crippen LogP contribution in [0.2, 0.25) is 0 Å². The van der Waals surface area contributed by atoms with Crippen molar-refractivity contribution in [1.29, 1.82) is 0 Å². The zero-order chi connectivity index (χ0) is 19.2. The number of benzene rings is 1. The Morgan fingerprint density at radius 1 is 1.22 bits per heavy atom. The molecule has 4 N–H and O–H groups in total. The summed E-state index contributed by atoms with van der Waals surface area (Å²) in [5.41, 5.74) is 8.01. The number of carbonyl (C=O) groups is 1. The van der Waals surface area contributed by atoms with E-state index in [1.165, 1.54) is 11.1 Å². The van der Waals surface area contributed by atoms with Gasteiger partial charge in [-0.05, 0) is 29.4 Å². The molecule has 0 radical (unpaired) electrons. The molecule has 0 spiro atoms. The van der Waals surface area contributed by atoms with E-state index in [1.807, 2.05) is 0 Å². The van der Waals surface area contributed by atoms with Crippen LogP contribution in [0.3, 0.4) is 0 Å². The van der Waals surface area contributed by atoms with Gasteiger partial charge in [0, 0.05) is 32.7 Å². The van der Waals surface area contributed by atoms with Crippen molar-refractivity contribution in [2.75, 3.05) is 26.7 Å². The van der Waals surface area contributed by atoms with Gasteiger partial charge in [0.1, 0.15) is 0 Å². The fraction of sp³-hybridized carbons (Fsp3) is 0.600. The van der Waals surface area contributed by atoms with Gasteiger partial charge < -0.3 is 16.4 Å². The molecule has 1 aliphatic heterocycles. The summed E-state index contributed by atoms with van der Waals surface area (Å²) in [7, 11) is 1.79. The largest absolute Gasteiger partial charge is 0.369 e. The van der Waals surface area contributed by atoms with E-state index in [1.54, 1.807) is 7.05 Å². The van der Waals surface area contributed by atoms with Crippen LogP contribution in [0.5, 0.6) is 0 Å². The number of nitrogens with zero attached hydrogens (tertiary/aromatic N) is 2. The first kappa shape index (κ1) is 23.7. The van der Waals surface area contributed by atoms with E-state index in [4.69, 9.17) is 5.73 Å². The first-order valence-corrected chi connectivity index (χ1v) is 9.35. The summed E-state index contributed by atoms with van der Waals surface area (Å²) < 4.78 is 0. The van der Waals surface area contributed by atoms with Crippen LogP contribution in [-0.4, -0.2) is 49.5 Å². The number of aliphatic imine (C=N–C) groups is 1. The molecule has 1 fully saturated rings. The second kappa shape index (κ2) is 10.8. The lowest BCUT2D eigenvalue weighted by Gasteiger charge is -2.32. The highest BCUT2D eigenvalue weighted by Gasteiger charge is 2.20. The standard InChI is InChI=1S/C20H33N5O.HI/c1-20(2,3)16-7-5-15(6-8-16)13-23-19(22-4)24-17-9-11-25(12-10-17)14-18(21)26;/h5-8,17H,9-14H2,1-4H3,(H2,21,26)(H2,22,23,24);1H. The van der Waals surface area contributed by atoms with Crippen LogP contribution in [0.1, 0.15) is 44.7 Å². The lowest BCUT2D eigenvalue weighted by Crippen LogP contribution is -2.49. The number of nitrogens with one attached hydrogen (secondary N) is 2. The van der Waals surface area contributed by atoms with E-state index in [9.17, 15) is 4.79 Å². The lowest BCUT2D eigenvalue weighted by atomic mass is 9.87. The van der Waals surface area contributed by atoms with Crippen molar-refractivity contribution in [3.8, 4) is 0 Å². The van der Waals surface area contributed by atoms with Crippen molar-refractivity contribution in [3.05, 3.63) is 35.4 Å². The van der Waals surface area contributed by atoms with Gasteiger partial charge in [0.05, 0.1) is 6.54 Å². The average molecular weight is 487 g/mol. The summed E-state index contributed by atoms with van der Waals surface area (Å²) in [5.74, 6) is 0.560. The molecule has 0 saturated carbocycles. The molecule has 27 heavy (non-hydrogen) atoms. The maximum Gasteiger partial charge on any atom is 0.231 e. The van der Waals surface area contributed by atoms with Crippen LogP contribution >= 0.6 is 24.0 Å². The zero-order valence-electron chi connectivity index (χ0n) is 16.9. The number of hydrogen-bond acceptors (Lipinski definition) is 3. The maximum absolute atomic E-state index is 11.0. The third kappa shape index (κ3) is 8.04. The second-order valence-electron chi connectivity index (χ2n) is 8.03. The first-order valence-electron chi connectivity index (χ1n) is 9.35. The van der Waals surface area contributed by atoms with E-state index in [2.05, 4.69) is 65.6 Å². The van der Waals surface area contributed by atoms with Crippen LogP contribution in [-0.2, 0) is 16.8 Å². The van der Waals surface area contributed by atoms with Gasteiger partial charge >= 0.3 is 0 Å². The first-order chi connectivity index (χ1) is 12.3. The molecular weight excluding hydrogens is 453 g/mol. The maximum atomic E-state index is 11.0. The molecule has 0 unspecified atom stereocenters. The van der Waals surface area contributed by atoms with Crippen molar-refractivity contribution in [2.24, 2.45) is 10.7 Å². The molecule has 1 aromatic carbocycles. The normalized spacial score (nSPS) is 16.5. The molecule has 0 bridgehead atoms. The van der Waals surface area contributed by atoms with Crippen molar-refractivity contribution < 1.29 is 4.79 Å². The molecule has 2 rings (SSSR count). The van der Waals surface area contributed by atoms with Crippen LogP contribution in [0, 0.1) is 0 Å². The Labute approximate surface area is 180 Å². The number of nitrogens with two attached hydrogens (primary N) is 1.